The molecule has 0 spiro atoms. The first kappa shape index (κ1) is 11.4. The van der Waals surface area contributed by atoms with Gasteiger partial charge in [-0.15, -0.1) is 0 Å². The number of aliphatic hydroxyl groups is 1. The molecule has 1 unspecified atom stereocenters. The van der Waals surface area contributed by atoms with Crippen LogP contribution in [0.4, 0.5) is 0 Å². The highest BCUT2D eigenvalue weighted by Gasteiger charge is 2.42. The maximum atomic E-state index is 10.1. The highest BCUT2D eigenvalue weighted by Crippen LogP contribution is 2.36. The van der Waals surface area contributed by atoms with Crippen molar-refractivity contribution in [2.75, 3.05) is 20.1 Å². The van der Waals surface area contributed by atoms with Crippen molar-refractivity contribution in [2.24, 2.45) is 0 Å². The predicted octanol–water partition coefficient (Wildman–Crippen LogP) is 1.27. The first-order valence-corrected chi connectivity index (χ1v) is 6.16. The Balaban J connectivity index is 2.02. The molecule has 0 radical (unpaired) electrons. The van der Waals surface area contributed by atoms with Gasteiger partial charge in [-0.2, -0.15) is 0 Å². The largest absolute Gasteiger partial charge is 0.378 e. The average molecular weight is 212 g/mol. The maximum Gasteiger partial charge on any atom is 0.108 e. The summed E-state index contributed by atoms with van der Waals surface area (Å²) in [5.41, 5.74) is 0.194. The zero-order chi connectivity index (χ0) is 11.1. The van der Waals surface area contributed by atoms with Gasteiger partial charge in [0.05, 0.1) is 0 Å². The molecule has 0 aromatic carbocycles. The number of hydrogen-bond donors (Lipinski definition) is 1. The molecule has 15 heavy (non-hydrogen) atoms. The number of nitrogens with zero attached hydrogens (tertiary/aromatic N) is 2. The number of rotatable bonds is 1. The van der Waals surface area contributed by atoms with Gasteiger partial charge in [0.25, 0.3) is 0 Å². The minimum absolute atomic E-state index is 0.194. The topological polar surface area (TPSA) is 26.7 Å². The molecule has 88 valence electrons. The van der Waals surface area contributed by atoms with Crippen molar-refractivity contribution in [2.45, 2.75) is 57.3 Å². The maximum absolute atomic E-state index is 10.1. The van der Waals surface area contributed by atoms with Crippen molar-refractivity contribution < 1.29 is 5.11 Å². The van der Waals surface area contributed by atoms with E-state index in [0.29, 0.717) is 6.04 Å². The molecule has 1 N–H and O–H groups in total. The standard InChI is InChI=1S/C12H24N2O/c1-12(2)7-4-11(15)14(12)10-5-8-13(3)9-6-10/h10-11,15H,4-9H2,1-3H3. The van der Waals surface area contributed by atoms with Gasteiger partial charge >= 0.3 is 0 Å². The summed E-state index contributed by atoms with van der Waals surface area (Å²) >= 11 is 0. The van der Waals surface area contributed by atoms with Gasteiger partial charge in [-0.25, -0.2) is 0 Å². The van der Waals surface area contributed by atoms with Gasteiger partial charge in [0.1, 0.15) is 6.23 Å². The second-order valence-electron chi connectivity index (χ2n) is 5.77. The summed E-state index contributed by atoms with van der Waals surface area (Å²) in [4.78, 5) is 4.74. The van der Waals surface area contributed by atoms with Crippen molar-refractivity contribution in [1.29, 1.82) is 0 Å². The third-order valence-electron chi connectivity index (χ3n) is 4.12. The Morgan fingerprint density at radius 1 is 1.13 bits per heavy atom. The van der Waals surface area contributed by atoms with E-state index in [1.807, 2.05) is 0 Å². The molecule has 3 heteroatoms. The quantitative estimate of drug-likeness (QED) is 0.709. The first-order valence-electron chi connectivity index (χ1n) is 6.16. The van der Waals surface area contributed by atoms with E-state index < -0.39 is 0 Å². The molecule has 0 saturated carbocycles. The fourth-order valence-electron chi connectivity index (χ4n) is 3.16. The molecule has 0 aromatic rings. The van der Waals surface area contributed by atoms with Crippen molar-refractivity contribution in [3.05, 3.63) is 0 Å². The third-order valence-corrected chi connectivity index (χ3v) is 4.12. The predicted molar refractivity (Wildman–Crippen MR) is 61.7 cm³/mol. The fourth-order valence-corrected chi connectivity index (χ4v) is 3.16. The van der Waals surface area contributed by atoms with Gasteiger partial charge in [-0.05, 0) is 59.7 Å². The van der Waals surface area contributed by atoms with E-state index >= 15 is 0 Å². The molecule has 0 amide bonds. The van der Waals surface area contributed by atoms with Crippen LogP contribution in [0.25, 0.3) is 0 Å². The normalized spacial score (nSPS) is 34.8. The van der Waals surface area contributed by atoms with E-state index in [9.17, 15) is 5.11 Å². The third kappa shape index (κ3) is 2.19. The molecule has 1 atom stereocenters. The minimum Gasteiger partial charge on any atom is -0.378 e. The van der Waals surface area contributed by atoms with E-state index in [-0.39, 0.29) is 11.8 Å². The van der Waals surface area contributed by atoms with Gasteiger partial charge in [0.2, 0.25) is 0 Å². The van der Waals surface area contributed by atoms with Gasteiger partial charge in [0, 0.05) is 11.6 Å². The summed E-state index contributed by atoms with van der Waals surface area (Å²) in [6, 6.07) is 0.591. The molecule has 2 fully saturated rings. The van der Waals surface area contributed by atoms with Crippen molar-refractivity contribution >= 4 is 0 Å². The van der Waals surface area contributed by atoms with E-state index in [0.717, 1.165) is 12.8 Å². The van der Waals surface area contributed by atoms with Crippen molar-refractivity contribution in [3.8, 4) is 0 Å². The van der Waals surface area contributed by atoms with Crippen LogP contribution in [0.15, 0.2) is 0 Å². The molecule has 2 rings (SSSR count). The Bertz CT molecular complexity index is 222. The van der Waals surface area contributed by atoms with Crippen LogP contribution >= 0.6 is 0 Å². The molecule has 0 aromatic heterocycles. The zero-order valence-electron chi connectivity index (χ0n) is 10.2. The summed E-state index contributed by atoms with van der Waals surface area (Å²) in [5.74, 6) is 0. The SMILES string of the molecule is CN1CCC(N2C(O)CCC2(C)C)CC1. The fraction of sp³-hybridized carbons (Fsp3) is 1.00. The summed E-state index contributed by atoms with van der Waals surface area (Å²) in [5, 5.41) is 10.1. The van der Waals surface area contributed by atoms with Crippen LogP contribution < -0.4 is 0 Å². The second kappa shape index (κ2) is 4.04. The molecule has 2 heterocycles. The molecule has 3 nitrogen and oxygen atoms in total. The van der Waals surface area contributed by atoms with Crippen LogP contribution in [-0.4, -0.2) is 52.9 Å². The Morgan fingerprint density at radius 3 is 2.20 bits per heavy atom. The van der Waals surface area contributed by atoms with E-state index in [1.165, 1.54) is 25.9 Å². The summed E-state index contributed by atoms with van der Waals surface area (Å²) < 4.78 is 0. The highest BCUT2D eigenvalue weighted by atomic mass is 16.3. The van der Waals surface area contributed by atoms with Crippen LogP contribution in [0.5, 0.6) is 0 Å². The second-order valence-corrected chi connectivity index (χ2v) is 5.77. The van der Waals surface area contributed by atoms with Gasteiger partial charge in [-0.3, -0.25) is 4.90 Å². The van der Waals surface area contributed by atoms with Gasteiger partial charge in [0.15, 0.2) is 0 Å². The number of hydrogen-bond acceptors (Lipinski definition) is 3. The lowest BCUT2D eigenvalue weighted by atomic mass is 9.96. The lowest BCUT2D eigenvalue weighted by molar-refractivity contribution is -0.0539. The summed E-state index contributed by atoms with van der Waals surface area (Å²) in [6.45, 7) is 6.87. The molecule has 2 aliphatic rings. The van der Waals surface area contributed by atoms with Crippen LogP contribution in [0, 0.1) is 0 Å². The van der Waals surface area contributed by atoms with Crippen LogP contribution in [0.2, 0.25) is 0 Å². The number of piperidine rings is 1. The molecular weight excluding hydrogens is 188 g/mol. The molecule has 0 bridgehead atoms. The summed E-state index contributed by atoms with van der Waals surface area (Å²) in [7, 11) is 2.18. The molecule has 0 aliphatic carbocycles. The average Bonchev–Trinajstić information content (AvgIpc) is 2.43. The number of aliphatic hydroxyl groups excluding tert-OH is 1. The zero-order valence-corrected chi connectivity index (χ0v) is 10.2. The summed E-state index contributed by atoms with van der Waals surface area (Å²) in [6.07, 6.45) is 4.28. The smallest absolute Gasteiger partial charge is 0.108 e. The van der Waals surface area contributed by atoms with Crippen molar-refractivity contribution in [1.82, 2.24) is 9.80 Å². The molecular formula is C12H24N2O. The van der Waals surface area contributed by atoms with Crippen LogP contribution in [0.1, 0.15) is 39.5 Å². The lowest BCUT2D eigenvalue weighted by Crippen LogP contribution is -2.53. The lowest BCUT2D eigenvalue weighted by Gasteiger charge is -2.43. The molecule has 2 saturated heterocycles. The van der Waals surface area contributed by atoms with E-state index in [2.05, 4.69) is 30.7 Å². The Labute approximate surface area is 93.1 Å². The van der Waals surface area contributed by atoms with Crippen LogP contribution in [-0.2, 0) is 0 Å². The minimum atomic E-state index is -0.201. The number of likely N-dealkylation sites (tertiary alicyclic amines) is 2. The van der Waals surface area contributed by atoms with Crippen molar-refractivity contribution in [3.63, 3.8) is 0 Å². The highest BCUT2D eigenvalue weighted by molar-refractivity contribution is 4.95. The van der Waals surface area contributed by atoms with E-state index in [4.69, 9.17) is 0 Å². The van der Waals surface area contributed by atoms with Gasteiger partial charge < -0.3 is 10.0 Å². The Hall–Kier alpha value is -0.120. The van der Waals surface area contributed by atoms with E-state index in [1.54, 1.807) is 0 Å². The van der Waals surface area contributed by atoms with Gasteiger partial charge in [-0.1, -0.05) is 0 Å². The Kier molecular flexibility index (Phi) is 3.06. The first-order chi connectivity index (χ1) is 7.00. The monoisotopic (exact) mass is 212 g/mol. The van der Waals surface area contributed by atoms with Crippen LogP contribution in [0.3, 0.4) is 0 Å². The molecule has 2 aliphatic heterocycles. The Morgan fingerprint density at radius 2 is 1.73 bits per heavy atom.